The number of aryl methyl sites for hydroxylation is 2. The minimum absolute atomic E-state index is 0.00857. The fourth-order valence-electron chi connectivity index (χ4n) is 2.69. The average Bonchev–Trinajstić information content (AvgIpc) is 2.96. The number of rotatable bonds is 2. The largest absolute Gasteiger partial charge is 0.354 e. The van der Waals surface area contributed by atoms with Crippen LogP contribution in [0.5, 0.6) is 0 Å². The molecule has 1 heterocycles. The number of fused-ring (bicyclic) bond motifs is 1. The number of carbonyl (C=O) groups excluding carboxylic acids is 2. The van der Waals surface area contributed by atoms with E-state index in [0.717, 1.165) is 12.8 Å². The Morgan fingerprint density at radius 2 is 2.11 bits per heavy atom. The van der Waals surface area contributed by atoms with Gasteiger partial charge in [0, 0.05) is 18.5 Å². The van der Waals surface area contributed by atoms with Crippen LogP contribution in [-0.4, -0.2) is 24.4 Å². The number of nitrogens with one attached hydrogen (secondary N) is 2. The van der Waals surface area contributed by atoms with Crippen LogP contribution < -0.4 is 10.6 Å². The maximum absolute atomic E-state index is 12.1. The first kappa shape index (κ1) is 11.3. The van der Waals surface area contributed by atoms with Gasteiger partial charge in [-0.15, -0.1) is 0 Å². The van der Waals surface area contributed by atoms with E-state index >= 15 is 0 Å². The van der Waals surface area contributed by atoms with Gasteiger partial charge in [-0.25, -0.2) is 0 Å². The summed E-state index contributed by atoms with van der Waals surface area (Å²) < 4.78 is 0. The molecule has 0 spiro atoms. The smallest absolute Gasteiger partial charge is 0.251 e. The molecule has 4 nitrogen and oxygen atoms in total. The van der Waals surface area contributed by atoms with Crippen molar-refractivity contribution in [3.63, 3.8) is 0 Å². The van der Waals surface area contributed by atoms with E-state index in [1.807, 2.05) is 12.1 Å². The number of hydrogen-bond acceptors (Lipinski definition) is 2. The second-order valence-corrected chi connectivity index (χ2v) is 5.02. The molecule has 2 amide bonds. The third kappa shape index (κ3) is 2.10. The van der Waals surface area contributed by atoms with Gasteiger partial charge in [-0.1, -0.05) is 6.07 Å². The zero-order valence-electron chi connectivity index (χ0n) is 10.2. The summed E-state index contributed by atoms with van der Waals surface area (Å²) in [6.45, 7) is 0.537. The highest BCUT2D eigenvalue weighted by atomic mass is 16.2. The Hall–Kier alpha value is -1.84. The van der Waals surface area contributed by atoms with Crippen LogP contribution >= 0.6 is 0 Å². The summed E-state index contributed by atoms with van der Waals surface area (Å²) in [5.41, 5.74) is 3.36. The molecular formula is C14H16N2O2. The summed E-state index contributed by atoms with van der Waals surface area (Å²) in [6.07, 6.45) is 3.76. The van der Waals surface area contributed by atoms with Crippen molar-refractivity contribution in [1.29, 1.82) is 0 Å². The predicted octanol–water partition coefficient (Wildman–Crippen LogP) is 0.794. The van der Waals surface area contributed by atoms with Gasteiger partial charge < -0.3 is 10.6 Å². The molecule has 1 atom stereocenters. The van der Waals surface area contributed by atoms with Gasteiger partial charge in [0.2, 0.25) is 5.91 Å². The van der Waals surface area contributed by atoms with Gasteiger partial charge in [-0.05, 0) is 42.5 Å². The zero-order valence-corrected chi connectivity index (χ0v) is 10.2. The highest BCUT2D eigenvalue weighted by Crippen LogP contribution is 2.22. The lowest BCUT2D eigenvalue weighted by Crippen LogP contribution is -2.36. The van der Waals surface area contributed by atoms with Crippen LogP contribution in [0.4, 0.5) is 0 Å². The first-order chi connectivity index (χ1) is 8.72. The molecule has 0 saturated carbocycles. The molecule has 94 valence electrons. The molecule has 0 aromatic heterocycles. The van der Waals surface area contributed by atoms with Gasteiger partial charge in [0.05, 0.1) is 6.04 Å². The highest BCUT2D eigenvalue weighted by Gasteiger charge is 2.23. The van der Waals surface area contributed by atoms with Crippen LogP contribution in [0, 0.1) is 0 Å². The highest BCUT2D eigenvalue weighted by molar-refractivity contribution is 5.95. The molecule has 1 aromatic carbocycles. The number of amides is 2. The summed E-state index contributed by atoms with van der Waals surface area (Å²) in [7, 11) is 0. The molecule has 1 aliphatic carbocycles. The Balaban J connectivity index is 1.70. The molecule has 0 bridgehead atoms. The lowest BCUT2D eigenvalue weighted by molar-refractivity contribution is -0.119. The van der Waals surface area contributed by atoms with Crippen LogP contribution in [0.3, 0.4) is 0 Å². The van der Waals surface area contributed by atoms with Gasteiger partial charge in [0.25, 0.3) is 5.91 Å². The summed E-state index contributed by atoms with van der Waals surface area (Å²) in [4.78, 5) is 23.1. The van der Waals surface area contributed by atoms with Crippen molar-refractivity contribution < 1.29 is 9.59 Å². The second kappa shape index (κ2) is 4.44. The normalized spacial score (nSPS) is 21.6. The summed E-state index contributed by atoms with van der Waals surface area (Å²) in [5.74, 6) is -0.0690. The predicted molar refractivity (Wildman–Crippen MR) is 67.3 cm³/mol. The molecule has 1 unspecified atom stereocenters. The van der Waals surface area contributed by atoms with E-state index in [0.29, 0.717) is 18.5 Å². The maximum Gasteiger partial charge on any atom is 0.251 e. The lowest BCUT2D eigenvalue weighted by atomic mass is 10.1. The van der Waals surface area contributed by atoms with Crippen LogP contribution in [0.15, 0.2) is 18.2 Å². The zero-order chi connectivity index (χ0) is 12.5. The summed E-state index contributed by atoms with van der Waals surface area (Å²) in [5, 5.41) is 5.61. The van der Waals surface area contributed by atoms with Crippen molar-refractivity contribution in [2.24, 2.45) is 0 Å². The van der Waals surface area contributed by atoms with Crippen molar-refractivity contribution in [2.75, 3.05) is 6.54 Å². The van der Waals surface area contributed by atoms with Gasteiger partial charge >= 0.3 is 0 Å². The van der Waals surface area contributed by atoms with Crippen molar-refractivity contribution in [1.82, 2.24) is 10.6 Å². The van der Waals surface area contributed by atoms with Gasteiger partial charge in [-0.2, -0.15) is 0 Å². The number of carbonyl (C=O) groups is 2. The van der Waals surface area contributed by atoms with E-state index in [2.05, 4.69) is 16.7 Å². The van der Waals surface area contributed by atoms with Crippen LogP contribution in [-0.2, 0) is 17.6 Å². The van der Waals surface area contributed by atoms with Gasteiger partial charge in [-0.3, -0.25) is 9.59 Å². The van der Waals surface area contributed by atoms with E-state index in [1.54, 1.807) is 0 Å². The van der Waals surface area contributed by atoms with E-state index in [4.69, 9.17) is 0 Å². The first-order valence-electron chi connectivity index (χ1n) is 6.42. The SMILES string of the molecule is O=C1CC(NC(=O)c2ccc3c(c2)CCC3)CN1. The van der Waals surface area contributed by atoms with Gasteiger partial charge in [0.15, 0.2) is 0 Å². The van der Waals surface area contributed by atoms with Crippen molar-refractivity contribution in [2.45, 2.75) is 31.7 Å². The second-order valence-electron chi connectivity index (χ2n) is 5.02. The Bertz CT molecular complexity index is 511. The quantitative estimate of drug-likeness (QED) is 0.808. The standard InChI is InChI=1S/C14H16N2O2/c17-13-7-12(8-15-13)16-14(18)11-5-4-9-2-1-3-10(9)6-11/h4-6,12H,1-3,7-8H2,(H,15,17)(H,16,18). The van der Waals surface area contributed by atoms with Crippen LogP contribution in [0.1, 0.15) is 34.3 Å². The fraction of sp³-hybridized carbons (Fsp3) is 0.429. The summed E-state index contributed by atoms with van der Waals surface area (Å²) in [6, 6.07) is 5.85. The lowest BCUT2D eigenvalue weighted by Gasteiger charge is -2.11. The molecule has 2 aliphatic rings. The fourth-order valence-corrected chi connectivity index (χ4v) is 2.69. The average molecular weight is 244 g/mol. The Morgan fingerprint density at radius 1 is 1.28 bits per heavy atom. The Kier molecular flexibility index (Phi) is 2.78. The monoisotopic (exact) mass is 244 g/mol. The molecule has 3 rings (SSSR count). The minimum Gasteiger partial charge on any atom is -0.354 e. The van der Waals surface area contributed by atoms with E-state index in [1.165, 1.54) is 17.5 Å². The minimum atomic E-state index is -0.0776. The molecule has 0 radical (unpaired) electrons. The molecule has 2 N–H and O–H groups in total. The van der Waals surface area contributed by atoms with E-state index < -0.39 is 0 Å². The molecule has 18 heavy (non-hydrogen) atoms. The van der Waals surface area contributed by atoms with Gasteiger partial charge in [0.1, 0.15) is 0 Å². The molecule has 1 aliphatic heterocycles. The summed E-state index contributed by atoms with van der Waals surface area (Å²) >= 11 is 0. The molecular weight excluding hydrogens is 228 g/mol. The Morgan fingerprint density at radius 3 is 2.89 bits per heavy atom. The molecule has 1 fully saturated rings. The molecule has 1 aromatic rings. The van der Waals surface area contributed by atoms with E-state index in [9.17, 15) is 9.59 Å². The van der Waals surface area contributed by atoms with Crippen molar-refractivity contribution in [3.05, 3.63) is 34.9 Å². The third-order valence-electron chi connectivity index (χ3n) is 3.67. The third-order valence-corrected chi connectivity index (χ3v) is 3.67. The maximum atomic E-state index is 12.1. The van der Waals surface area contributed by atoms with E-state index in [-0.39, 0.29) is 17.9 Å². The number of hydrogen-bond donors (Lipinski definition) is 2. The number of benzene rings is 1. The Labute approximate surface area is 106 Å². The van der Waals surface area contributed by atoms with Crippen molar-refractivity contribution in [3.8, 4) is 0 Å². The topological polar surface area (TPSA) is 58.2 Å². The van der Waals surface area contributed by atoms with Crippen LogP contribution in [0.2, 0.25) is 0 Å². The first-order valence-corrected chi connectivity index (χ1v) is 6.42. The van der Waals surface area contributed by atoms with Crippen molar-refractivity contribution >= 4 is 11.8 Å². The van der Waals surface area contributed by atoms with Crippen LogP contribution in [0.25, 0.3) is 0 Å². The molecule has 1 saturated heterocycles. The molecule has 4 heteroatoms.